The average molecular weight is 429 g/mol. The second kappa shape index (κ2) is 9.76. The van der Waals surface area contributed by atoms with E-state index in [1.54, 1.807) is 13.0 Å². The molecule has 2 aromatic rings. The third-order valence-electron chi connectivity index (χ3n) is 5.43. The number of amides is 1. The van der Waals surface area contributed by atoms with Crippen molar-refractivity contribution in [2.75, 3.05) is 0 Å². The van der Waals surface area contributed by atoms with E-state index in [2.05, 4.69) is 5.32 Å². The lowest BCUT2D eigenvalue weighted by Gasteiger charge is -2.17. The molecule has 1 aromatic heterocycles. The van der Waals surface area contributed by atoms with Gasteiger partial charge in [-0.15, -0.1) is 0 Å². The van der Waals surface area contributed by atoms with Crippen LogP contribution in [-0.4, -0.2) is 23.9 Å². The number of rotatable bonds is 5. The predicted molar refractivity (Wildman–Crippen MR) is 113 cm³/mol. The van der Waals surface area contributed by atoms with Crippen LogP contribution in [-0.2, 0) is 20.8 Å². The number of aryl methyl sites for hydroxylation is 1. The molecular formula is C23H27NO7. The van der Waals surface area contributed by atoms with Crippen LogP contribution in [0.5, 0.6) is 11.5 Å². The molecule has 166 valence electrons. The van der Waals surface area contributed by atoms with Crippen molar-refractivity contribution in [3.05, 3.63) is 33.7 Å². The molecule has 8 nitrogen and oxygen atoms in total. The summed E-state index contributed by atoms with van der Waals surface area (Å²) in [6.07, 6.45) is 6.33. The van der Waals surface area contributed by atoms with Gasteiger partial charge in [0.1, 0.15) is 0 Å². The van der Waals surface area contributed by atoms with Crippen molar-refractivity contribution in [3.63, 3.8) is 0 Å². The smallest absolute Gasteiger partial charge is 0.340 e. The number of benzene rings is 1. The fourth-order valence-electron chi connectivity index (χ4n) is 3.95. The minimum Gasteiger partial charge on any atom is -0.423 e. The topological polar surface area (TPSA) is 112 Å². The Hall–Kier alpha value is -3.16. The number of esters is 2. The lowest BCUT2D eigenvalue weighted by atomic mass is 10.0. The standard InChI is InChI=1S/C23H27NO7/c1-13-17-10-11-19(29-14(2)25)22(30-15(3)26)21(17)31-23(28)18(13)12-20(27)24-16-8-6-4-5-7-9-16/h10-11,16H,4-9,12H2,1-3H3,(H,24,27). The zero-order valence-electron chi connectivity index (χ0n) is 18.0. The minimum absolute atomic E-state index is 0.00984. The van der Waals surface area contributed by atoms with Crippen LogP contribution in [0.1, 0.15) is 63.5 Å². The molecule has 8 heteroatoms. The van der Waals surface area contributed by atoms with Crippen molar-refractivity contribution < 1.29 is 28.3 Å². The number of nitrogens with one attached hydrogen (secondary N) is 1. The molecule has 1 aliphatic rings. The van der Waals surface area contributed by atoms with Crippen LogP contribution in [0.2, 0.25) is 0 Å². The Morgan fingerprint density at radius 1 is 1.03 bits per heavy atom. The second-order valence-electron chi connectivity index (χ2n) is 7.88. The summed E-state index contributed by atoms with van der Waals surface area (Å²) in [4.78, 5) is 48.3. The van der Waals surface area contributed by atoms with Crippen LogP contribution in [0.3, 0.4) is 0 Å². The van der Waals surface area contributed by atoms with Gasteiger partial charge in [0.15, 0.2) is 11.3 Å². The monoisotopic (exact) mass is 429 g/mol. The number of carbonyl (C=O) groups is 3. The molecule has 1 heterocycles. The van der Waals surface area contributed by atoms with Crippen molar-refractivity contribution in [3.8, 4) is 11.5 Å². The first kappa shape index (κ1) is 22.5. The van der Waals surface area contributed by atoms with E-state index in [-0.39, 0.29) is 41.0 Å². The summed E-state index contributed by atoms with van der Waals surface area (Å²) in [6.45, 7) is 4.10. The maximum Gasteiger partial charge on any atom is 0.340 e. The molecule has 1 amide bonds. The van der Waals surface area contributed by atoms with Gasteiger partial charge in [0.05, 0.1) is 12.0 Å². The molecule has 0 atom stereocenters. The Balaban J connectivity index is 1.95. The molecule has 0 spiro atoms. The molecule has 0 saturated heterocycles. The van der Waals surface area contributed by atoms with Crippen molar-refractivity contribution in [2.24, 2.45) is 0 Å². The third-order valence-corrected chi connectivity index (χ3v) is 5.43. The summed E-state index contributed by atoms with van der Waals surface area (Å²) in [5.41, 5.74) is 0.0800. The van der Waals surface area contributed by atoms with E-state index < -0.39 is 17.6 Å². The number of hydrogen-bond acceptors (Lipinski definition) is 7. The lowest BCUT2D eigenvalue weighted by molar-refractivity contribution is -0.134. The van der Waals surface area contributed by atoms with E-state index in [0.29, 0.717) is 10.9 Å². The van der Waals surface area contributed by atoms with E-state index in [4.69, 9.17) is 13.9 Å². The molecule has 0 unspecified atom stereocenters. The Morgan fingerprint density at radius 3 is 2.29 bits per heavy atom. The minimum atomic E-state index is -0.700. The highest BCUT2D eigenvalue weighted by Crippen LogP contribution is 2.37. The first-order valence-corrected chi connectivity index (χ1v) is 10.5. The van der Waals surface area contributed by atoms with Gasteiger partial charge in [-0.05, 0) is 37.5 Å². The first-order chi connectivity index (χ1) is 14.8. The van der Waals surface area contributed by atoms with Gasteiger partial charge in [-0.3, -0.25) is 14.4 Å². The first-order valence-electron chi connectivity index (χ1n) is 10.5. The molecule has 3 rings (SSSR count). The van der Waals surface area contributed by atoms with Gasteiger partial charge < -0.3 is 19.2 Å². The summed E-state index contributed by atoms with van der Waals surface area (Å²) < 4.78 is 15.7. The van der Waals surface area contributed by atoms with Crippen LogP contribution in [0.4, 0.5) is 0 Å². The van der Waals surface area contributed by atoms with Crippen molar-refractivity contribution in [1.29, 1.82) is 0 Å². The Bertz CT molecular complexity index is 1060. The van der Waals surface area contributed by atoms with Gasteiger partial charge in [0.2, 0.25) is 11.7 Å². The normalized spacial score (nSPS) is 14.7. The van der Waals surface area contributed by atoms with E-state index >= 15 is 0 Å². The molecule has 0 radical (unpaired) electrons. The Labute approximate surface area is 179 Å². The van der Waals surface area contributed by atoms with Crippen LogP contribution in [0.25, 0.3) is 11.0 Å². The SMILES string of the molecule is CC(=O)Oc1ccc2c(C)c(CC(=O)NC3CCCCCC3)c(=O)oc2c1OC(C)=O. The summed E-state index contributed by atoms with van der Waals surface area (Å²) in [6, 6.07) is 3.19. The van der Waals surface area contributed by atoms with Crippen molar-refractivity contribution >= 4 is 28.8 Å². The van der Waals surface area contributed by atoms with E-state index in [9.17, 15) is 19.2 Å². The van der Waals surface area contributed by atoms with Crippen molar-refractivity contribution in [1.82, 2.24) is 5.32 Å². The van der Waals surface area contributed by atoms with Gasteiger partial charge >= 0.3 is 17.6 Å². The van der Waals surface area contributed by atoms with E-state index in [1.165, 1.54) is 32.8 Å². The number of ether oxygens (including phenoxy) is 2. The van der Waals surface area contributed by atoms with Crippen LogP contribution in [0.15, 0.2) is 21.3 Å². The molecule has 31 heavy (non-hydrogen) atoms. The van der Waals surface area contributed by atoms with Gasteiger partial charge in [0, 0.05) is 25.3 Å². The summed E-state index contributed by atoms with van der Waals surface area (Å²) in [7, 11) is 0. The van der Waals surface area contributed by atoms with Gasteiger partial charge in [-0.1, -0.05) is 25.7 Å². The fraction of sp³-hybridized carbons (Fsp3) is 0.478. The third kappa shape index (κ3) is 5.51. The van der Waals surface area contributed by atoms with E-state index in [0.717, 1.165) is 25.7 Å². The number of carbonyl (C=O) groups excluding carboxylic acids is 3. The number of hydrogen-bond donors (Lipinski definition) is 1. The Morgan fingerprint density at radius 2 is 1.68 bits per heavy atom. The molecule has 1 aromatic carbocycles. The van der Waals surface area contributed by atoms with Gasteiger partial charge in [0.25, 0.3) is 0 Å². The quantitative estimate of drug-likeness (QED) is 0.336. The largest absolute Gasteiger partial charge is 0.423 e. The maximum atomic E-state index is 12.7. The summed E-state index contributed by atoms with van der Waals surface area (Å²) >= 11 is 0. The highest BCUT2D eigenvalue weighted by atomic mass is 16.6. The van der Waals surface area contributed by atoms with Crippen LogP contribution < -0.4 is 20.4 Å². The van der Waals surface area contributed by atoms with Crippen molar-refractivity contribution in [2.45, 2.75) is 71.8 Å². The molecule has 0 bridgehead atoms. The molecule has 1 N–H and O–H groups in total. The van der Waals surface area contributed by atoms with Gasteiger partial charge in [-0.2, -0.15) is 0 Å². The highest BCUT2D eigenvalue weighted by molar-refractivity contribution is 5.92. The zero-order chi connectivity index (χ0) is 22.5. The predicted octanol–water partition coefficient (Wildman–Crippen LogP) is 3.33. The lowest BCUT2D eigenvalue weighted by Crippen LogP contribution is -2.36. The molecule has 0 aliphatic heterocycles. The Kier molecular flexibility index (Phi) is 7.09. The second-order valence-corrected chi connectivity index (χ2v) is 7.88. The van der Waals surface area contributed by atoms with Crippen LogP contribution in [0, 0.1) is 6.92 Å². The zero-order valence-corrected chi connectivity index (χ0v) is 18.0. The fourth-order valence-corrected chi connectivity index (χ4v) is 3.95. The molecule has 1 fully saturated rings. The molecule has 1 saturated carbocycles. The highest BCUT2D eigenvalue weighted by Gasteiger charge is 2.23. The summed E-state index contributed by atoms with van der Waals surface area (Å²) in [5.74, 6) is -1.67. The molecule has 1 aliphatic carbocycles. The van der Waals surface area contributed by atoms with E-state index in [1.807, 2.05) is 0 Å². The van der Waals surface area contributed by atoms with Gasteiger partial charge in [-0.25, -0.2) is 4.79 Å². The maximum absolute atomic E-state index is 12.7. The number of fused-ring (bicyclic) bond motifs is 1. The van der Waals surface area contributed by atoms with Crippen LogP contribution >= 0.6 is 0 Å². The summed E-state index contributed by atoms with van der Waals surface area (Å²) in [5, 5.41) is 3.52. The molecular weight excluding hydrogens is 402 g/mol. The average Bonchev–Trinajstić information content (AvgIpc) is 2.95.